The normalized spacial score (nSPS) is 13.2. The summed E-state index contributed by atoms with van der Waals surface area (Å²) in [5.74, 6) is 0.464. The molecule has 1 aliphatic heterocycles. The van der Waals surface area contributed by atoms with Crippen molar-refractivity contribution < 1.29 is 9.53 Å². The number of carbonyl (C=O) groups excluding carboxylic acids is 1. The molecule has 0 spiro atoms. The first-order valence-electron chi connectivity index (χ1n) is 6.54. The molecule has 1 amide bonds. The molecule has 1 heterocycles. The van der Waals surface area contributed by atoms with Gasteiger partial charge in [-0.2, -0.15) is 0 Å². The first-order chi connectivity index (χ1) is 9.70. The molecule has 1 aliphatic rings. The Hall–Kier alpha value is -2.49. The summed E-state index contributed by atoms with van der Waals surface area (Å²) in [6, 6.07) is 13.1. The van der Waals surface area contributed by atoms with Crippen molar-refractivity contribution >= 4 is 17.3 Å². The Balaban J connectivity index is 1.99. The number of benzene rings is 2. The van der Waals surface area contributed by atoms with Gasteiger partial charge < -0.3 is 15.4 Å². The van der Waals surface area contributed by atoms with E-state index in [4.69, 9.17) is 10.5 Å². The van der Waals surface area contributed by atoms with Gasteiger partial charge in [0, 0.05) is 24.0 Å². The van der Waals surface area contributed by atoms with Crippen molar-refractivity contribution in [1.29, 1.82) is 0 Å². The van der Waals surface area contributed by atoms with Gasteiger partial charge in [-0.3, -0.25) is 4.79 Å². The second kappa shape index (κ2) is 4.89. The van der Waals surface area contributed by atoms with Crippen LogP contribution in [0.15, 0.2) is 42.5 Å². The predicted molar refractivity (Wildman–Crippen MR) is 79.2 cm³/mol. The van der Waals surface area contributed by atoms with Gasteiger partial charge in [0.05, 0.1) is 12.7 Å². The molecule has 2 aromatic carbocycles. The van der Waals surface area contributed by atoms with E-state index in [1.165, 1.54) is 5.56 Å². The summed E-state index contributed by atoms with van der Waals surface area (Å²) in [6.07, 6.45) is 0.888. The Morgan fingerprint density at radius 1 is 1.25 bits per heavy atom. The van der Waals surface area contributed by atoms with Crippen molar-refractivity contribution in [3.05, 3.63) is 53.6 Å². The molecule has 0 fully saturated rings. The monoisotopic (exact) mass is 268 g/mol. The molecule has 0 unspecified atom stereocenters. The van der Waals surface area contributed by atoms with E-state index in [0.717, 1.165) is 12.1 Å². The van der Waals surface area contributed by atoms with Crippen LogP contribution in [0.5, 0.6) is 5.75 Å². The number of para-hydroxylation sites is 1. The standard InChI is InChI=1S/C16H16N2O2/c1-20-15-10-12(17)6-7-13(15)16(19)18-9-8-11-4-2-3-5-14(11)18/h2-7,10H,8-9,17H2,1H3. The zero-order valence-electron chi connectivity index (χ0n) is 11.3. The van der Waals surface area contributed by atoms with Crippen LogP contribution < -0.4 is 15.4 Å². The molecular formula is C16H16N2O2. The molecule has 0 atom stereocenters. The predicted octanol–water partition coefficient (Wildman–Crippen LogP) is 2.48. The van der Waals surface area contributed by atoms with Gasteiger partial charge in [0.2, 0.25) is 0 Å². The average Bonchev–Trinajstić information content (AvgIpc) is 2.90. The summed E-state index contributed by atoms with van der Waals surface area (Å²) in [5.41, 5.74) is 9.04. The van der Waals surface area contributed by atoms with Crippen molar-refractivity contribution in [3.63, 3.8) is 0 Å². The van der Waals surface area contributed by atoms with E-state index >= 15 is 0 Å². The lowest BCUT2D eigenvalue weighted by molar-refractivity contribution is 0.0986. The van der Waals surface area contributed by atoms with E-state index in [2.05, 4.69) is 6.07 Å². The van der Waals surface area contributed by atoms with Crippen molar-refractivity contribution in [2.45, 2.75) is 6.42 Å². The van der Waals surface area contributed by atoms with E-state index in [1.807, 2.05) is 18.2 Å². The van der Waals surface area contributed by atoms with Crippen molar-refractivity contribution in [2.24, 2.45) is 0 Å². The van der Waals surface area contributed by atoms with Gasteiger partial charge in [-0.1, -0.05) is 18.2 Å². The highest BCUT2D eigenvalue weighted by Gasteiger charge is 2.26. The lowest BCUT2D eigenvalue weighted by Gasteiger charge is -2.19. The molecule has 2 N–H and O–H groups in total. The minimum atomic E-state index is -0.0493. The molecule has 0 saturated carbocycles. The molecule has 0 aromatic heterocycles. The number of hydrogen-bond donors (Lipinski definition) is 1. The average molecular weight is 268 g/mol. The van der Waals surface area contributed by atoms with Crippen LogP contribution in [0.25, 0.3) is 0 Å². The van der Waals surface area contributed by atoms with Crippen molar-refractivity contribution in [1.82, 2.24) is 0 Å². The highest BCUT2D eigenvalue weighted by Crippen LogP contribution is 2.31. The molecule has 2 aromatic rings. The summed E-state index contributed by atoms with van der Waals surface area (Å²) in [5, 5.41) is 0. The lowest BCUT2D eigenvalue weighted by Crippen LogP contribution is -2.29. The molecule has 20 heavy (non-hydrogen) atoms. The van der Waals surface area contributed by atoms with Crippen LogP contribution >= 0.6 is 0 Å². The third-order valence-electron chi connectivity index (χ3n) is 3.59. The van der Waals surface area contributed by atoms with Gasteiger partial charge in [0.15, 0.2) is 0 Å². The molecule has 3 rings (SSSR count). The van der Waals surface area contributed by atoms with Gasteiger partial charge in [-0.25, -0.2) is 0 Å². The smallest absolute Gasteiger partial charge is 0.262 e. The number of rotatable bonds is 2. The minimum Gasteiger partial charge on any atom is -0.496 e. The Labute approximate surface area is 117 Å². The molecule has 102 valence electrons. The zero-order chi connectivity index (χ0) is 14.1. The van der Waals surface area contributed by atoms with E-state index in [0.29, 0.717) is 23.5 Å². The molecule has 4 heteroatoms. The number of methoxy groups -OCH3 is 1. The number of carbonyl (C=O) groups is 1. The van der Waals surface area contributed by atoms with E-state index < -0.39 is 0 Å². The summed E-state index contributed by atoms with van der Waals surface area (Å²) in [4.78, 5) is 14.5. The Morgan fingerprint density at radius 2 is 2.05 bits per heavy atom. The fourth-order valence-corrected chi connectivity index (χ4v) is 2.58. The largest absolute Gasteiger partial charge is 0.496 e. The van der Waals surface area contributed by atoms with Gasteiger partial charge in [-0.05, 0) is 30.2 Å². The van der Waals surface area contributed by atoms with Crippen molar-refractivity contribution in [3.8, 4) is 5.75 Å². The second-order valence-electron chi connectivity index (χ2n) is 4.80. The first kappa shape index (κ1) is 12.5. The Morgan fingerprint density at radius 3 is 2.85 bits per heavy atom. The zero-order valence-corrected chi connectivity index (χ0v) is 11.3. The third kappa shape index (κ3) is 1.99. The number of nitrogens with zero attached hydrogens (tertiary/aromatic N) is 1. The van der Waals surface area contributed by atoms with Crippen LogP contribution in [0.3, 0.4) is 0 Å². The van der Waals surface area contributed by atoms with E-state index in [1.54, 1.807) is 30.2 Å². The molecule has 0 radical (unpaired) electrons. The number of nitrogen functional groups attached to an aromatic ring is 1. The number of fused-ring (bicyclic) bond motifs is 1. The van der Waals surface area contributed by atoms with Crippen LogP contribution in [0.4, 0.5) is 11.4 Å². The molecular weight excluding hydrogens is 252 g/mol. The molecule has 4 nitrogen and oxygen atoms in total. The first-order valence-corrected chi connectivity index (χ1v) is 6.54. The molecule has 0 saturated heterocycles. The van der Waals surface area contributed by atoms with Crippen LogP contribution in [0, 0.1) is 0 Å². The van der Waals surface area contributed by atoms with Crippen LogP contribution in [-0.4, -0.2) is 19.6 Å². The number of nitrogens with two attached hydrogens (primary N) is 1. The quantitative estimate of drug-likeness (QED) is 0.851. The van der Waals surface area contributed by atoms with Crippen LogP contribution in [-0.2, 0) is 6.42 Å². The van der Waals surface area contributed by atoms with E-state index in [-0.39, 0.29) is 5.91 Å². The Kier molecular flexibility index (Phi) is 3.06. The summed E-state index contributed by atoms with van der Waals surface area (Å²) < 4.78 is 5.27. The van der Waals surface area contributed by atoms with Crippen LogP contribution in [0.2, 0.25) is 0 Å². The highest BCUT2D eigenvalue weighted by molar-refractivity contribution is 6.09. The van der Waals surface area contributed by atoms with Gasteiger partial charge >= 0.3 is 0 Å². The maximum atomic E-state index is 12.7. The highest BCUT2D eigenvalue weighted by atomic mass is 16.5. The number of amides is 1. The van der Waals surface area contributed by atoms with Gasteiger partial charge in [-0.15, -0.1) is 0 Å². The fraction of sp³-hybridized carbons (Fsp3) is 0.188. The number of ether oxygens (including phenoxy) is 1. The fourth-order valence-electron chi connectivity index (χ4n) is 2.58. The molecule has 0 bridgehead atoms. The number of anilines is 2. The Bertz CT molecular complexity index is 667. The SMILES string of the molecule is COc1cc(N)ccc1C(=O)N1CCc2ccccc21. The van der Waals surface area contributed by atoms with Gasteiger partial charge in [0.1, 0.15) is 5.75 Å². The third-order valence-corrected chi connectivity index (χ3v) is 3.59. The van der Waals surface area contributed by atoms with E-state index in [9.17, 15) is 4.79 Å². The lowest BCUT2D eigenvalue weighted by atomic mass is 10.1. The minimum absolute atomic E-state index is 0.0493. The summed E-state index contributed by atoms with van der Waals surface area (Å²) in [7, 11) is 1.55. The second-order valence-corrected chi connectivity index (χ2v) is 4.80. The van der Waals surface area contributed by atoms with Gasteiger partial charge in [0.25, 0.3) is 5.91 Å². The topological polar surface area (TPSA) is 55.6 Å². The van der Waals surface area contributed by atoms with Crippen LogP contribution in [0.1, 0.15) is 15.9 Å². The summed E-state index contributed by atoms with van der Waals surface area (Å²) >= 11 is 0. The maximum Gasteiger partial charge on any atom is 0.262 e. The number of hydrogen-bond acceptors (Lipinski definition) is 3. The summed E-state index contributed by atoms with van der Waals surface area (Å²) in [6.45, 7) is 0.700. The van der Waals surface area contributed by atoms with Crippen molar-refractivity contribution in [2.75, 3.05) is 24.3 Å². The molecule has 0 aliphatic carbocycles. The maximum absolute atomic E-state index is 12.7.